The molecular weight excluding hydrogens is 370 g/mol. The van der Waals surface area contributed by atoms with E-state index >= 15 is 0 Å². The third-order valence-electron chi connectivity index (χ3n) is 5.40. The second kappa shape index (κ2) is 8.66. The van der Waals surface area contributed by atoms with Crippen molar-refractivity contribution in [2.45, 2.75) is 12.6 Å². The van der Waals surface area contributed by atoms with Crippen LogP contribution in [0.4, 0.5) is 0 Å². The molecule has 0 amide bonds. The summed E-state index contributed by atoms with van der Waals surface area (Å²) in [5, 5.41) is 20.7. The molecule has 4 aromatic rings. The van der Waals surface area contributed by atoms with Crippen molar-refractivity contribution in [1.29, 1.82) is 10.5 Å². The summed E-state index contributed by atoms with van der Waals surface area (Å²) >= 11 is 0. The molecule has 0 aliphatic carbocycles. The molecule has 4 rings (SSSR count). The van der Waals surface area contributed by atoms with Gasteiger partial charge in [0.25, 0.3) is 0 Å². The first kappa shape index (κ1) is 19.5. The third kappa shape index (κ3) is 3.35. The van der Waals surface area contributed by atoms with E-state index in [1.165, 1.54) is 0 Å². The first-order valence-corrected chi connectivity index (χ1v) is 9.79. The predicted octanol–water partition coefficient (Wildman–Crippen LogP) is 5.71. The maximum absolute atomic E-state index is 9.86. The van der Waals surface area contributed by atoms with Crippen molar-refractivity contribution in [2.75, 3.05) is 7.11 Å². The zero-order valence-electron chi connectivity index (χ0n) is 16.7. The Kier molecular flexibility index (Phi) is 5.61. The van der Waals surface area contributed by atoms with Gasteiger partial charge in [-0.15, -0.1) is 0 Å². The summed E-state index contributed by atoms with van der Waals surface area (Å²) in [5.74, 6) is -1.21. The minimum absolute atomic E-state index is 0.371. The van der Waals surface area contributed by atoms with Gasteiger partial charge in [0.2, 0.25) is 0 Å². The van der Waals surface area contributed by atoms with Gasteiger partial charge < -0.3 is 9.30 Å². The van der Waals surface area contributed by atoms with Gasteiger partial charge in [0.1, 0.15) is 12.6 Å². The lowest BCUT2D eigenvalue weighted by molar-refractivity contribution is 0.136. The highest BCUT2D eigenvalue weighted by Crippen LogP contribution is 2.44. The molecule has 30 heavy (non-hydrogen) atoms. The monoisotopic (exact) mass is 391 g/mol. The zero-order valence-corrected chi connectivity index (χ0v) is 16.7. The number of hydrogen-bond donors (Lipinski definition) is 0. The van der Waals surface area contributed by atoms with E-state index in [1.807, 2.05) is 60.7 Å². The second-order valence-electron chi connectivity index (χ2n) is 7.12. The summed E-state index contributed by atoms with van der Waals surface area (Å²) in [6.07, 6.45) is 0. The van der Waals surface area contributed by atoms with Gasteiger partial charge in [-0.2, -0.15) is 10.5 Å². The van der Waals surface area contributed by atoms with Crippen LogP contribution in [0.3, 0.4) is 0 Å². The van der Waals surface area contributed by atoms with Crippen molar-refractivity contribution < 1.29 is 4.74 Å². The van der Waals surface area contributed by atoms with Gasteiger partial charge in [-0.25, -0.2) is 0 Å². The number of rotatable bonds is 6. The summed E-state index contributed by atoms with van der Waals surface area (Å²) in [4.78, 5) is 0. The molecule has 146 valence electrons. The Balaban J connectivity index is 2.13. The zero-order chi connectivity index (χ0) is 20.9. The largest absolute Gasteiger partial charge is 0.364 e. The lowest BCUT2D eigenvalue weighted by Crippen LogP contribution is -2.13. The summed E-state index contributed by atoms with van der Waals surface area (Å²) in [6.45, 7) is 0.371. The maximum Gasteiger partial charge on any atom is 0.144 e. The van der Waals surface area contributed by atoms with E-state index in [0.29, 0.717) is 6.73 Å². The fourth-order valence-corrected chi connectivity index (χ4v) is 4.18. The van der Waals surface area contributed by atoms with Crippen molar-refractivity contribution in [1.82, 2.24) is 4.57 Å². The molecular formula is C26H21N3O. The lowest BCUT2D eigenvalue weighted by atomic mass is 9.80. The number of hydrogen-bond acceptors (Lipinski definition) is 3. The summed E-state index contributed by atoms with van der Waals surface area (Å²) in [6, 6.07) is 32.5. The third-order valence-corrected chi connectivity index (χ3v) is 5.40. The quantitative estimate of drug-likeness (QED) is 0.423. The number of nitrogens with zero attached hydrogens (tertiary/aromatic N) is 3. The van der Waals surface area contributed by atoms with Crippen LogP contribution in [0.5, 0.6) is 0 Å². The summed E-state index contributed by atoms with van der Waals surface area (Å²) in [5.41, 5.74) is 4.94. The minimum Gasteiger partial charge on any atom is -0.364 e. The van der Waals surface area contributed by atoms with Gasteiger partial charge >= 0.3 is 0 Å². The van der Waals surface area contributed by atoms with E-state index in [1.54, 1.807) is 7.11 Å². The highest BCUT2D eigenvalue weighted by atomic mass is 16.5. The Morgan fingerprint density at radius 2 is 1.43 bits per heavy atom. The van der Waals surface area contributed by atoms with Crippen LogP contribution in [-0.4, -0.2) is 11.7 Å². The van der Waals surface area contributed by atoms with E-state index < -0.39 is 5.92 Å². The number of aromatic nitrogens is 1. The second-order valence-corrected chi connectivity index (χ2v) is 7.12. The predicted molar refractivity (Wildman–Crippen MR) is 117 cm³/mol. The molecule has 0 aliphatic heterocycles. The van der Waals surface area contributed by atoms with Gasteiger partial charge in [0, 0.05) is 18.4 Å². The summed E-state index contributed by atoms with van der Waals surface area (Å²) in [7, 11) is 1.67. The highest BCUT2D eigenvalue weighted by molar-refractivity contribution is 5.93. The van der Waals surface area contributed by atoms with Crippen LogP contribution in [0.25, 0.3) is 22.2 Å². The smallest absolute Gasteiger partial charge is 0.144 e. The number of methoxy groups -OCH3 is 1. The molecule has 0 saturated heterocycles. The first-order chi connectivity index (χ1) is 14.8. The van der Waals surface area contributed by atoms with Crippen molar-refractivity contribution in [3.8, 4) is 23.4 Å². The Morgan fingerprint density at radius 3 is 2.07 bits per heavy atom. The van der Waals surface area contributed by atoms with Crippen molar-refractivity contribution in [3.63, 3.8) is 0 Å². The van der Waals surface area contributed by atoms with Crippen LogP contribution in [0, 0.1) is 28.6 Å². The SMILES string of the molecule is COCn1c(-c2ccccc2)c(C(c2ccccc2)C(C#N)C#N)c2ccccc21. The molecule has 0 bridgehead atoms. The lowest BCUT2D eigenvalue weighted by Gasteiger charge is -2.21. The molecule has 3 aromatic carbocycles. The topological polar surface area (TPSA) is 61.7 Å². The first-order valence-electron chi connectivity index (χ1n) is 9.79. The molecule has 0 aliphatic rings. The van der Waals surface area contributed by atoms with Crippen LogP contribution < -0.4 is 0 Å². The molecule has 0 spiro atoms. The number of para-hydroxylation sites is 1. The molecule has 0 saturated carbocycles. The fraction of sp³-hybridized carbons (Fsp3) is 0.154. The van der Waals surface area contributed by atoms with Crippen molar-refractivity contribution in [2.24, 2.45) is 5.92 Å². The molecule has 1 heterocycles. The Hall–Kier alpha value is -3.86. The standard InChI is InChI=1S/C26H21N3O/c1-30-18-29-23-15-9-8-14-22(23)25(26(29)20-12-6-3-7-13-20)24(21(16-27)17-28)19-10-4-2-5-11-19/h2-15,21,24H,18H2,1H3. The normalized spacial score (nSPS) is 11.9. The van der Waals surface area contributed by atoms with Gasteiger partial charge in [-0.1, -0.05) is 78.9 Å². The summed E-state index contributed by atoms with van der Waals surface area (Å²) < 4.78 is 7.67. The molecule has 0 radical (unpaired) electrons. The van der Waals surface area contributed by atoms with Crippen molar-refractivity contribution >= 4 is 10.9 Å². The molecule has 4 nitrogen and oxygen atoms in total. The van der Waals surface area contributed by atoms with E-state index in [2.05, 4.69) is 41.0 Å². The van der Waals surface area contributed by atoms with Gasteiger partial charge in [-0.3, -0.25) is 0 Å². The van der Waals surface area contributed by atoms with Crippen LogP contribution in [0.1, 0.15) is 17.0 Å². The minimum atomic E-state index is -0.823. The number of nitriles is 2. The van der Waals surface area contributed by atoms with Crippen LogP contribution in [0.15, 0.2) is 84.9 Å². The van der Waals surface area contributed by atoms with E-state index in [9.17, 15) is 10.5 Å². The molecule has 4 heteroatoms. The molecule has 1 unspecified atom stereocenters. The van der Waals surface area contributed by atoms with Gasteiger partial charge in [0.15, 0.2) is 0 Å². The Morgan fingerprint density at radius 1 is 0.833 bits per heavy atom. The fourth-order valence-electron chi connectivity index (χ4n) is 4.18. The maximum atomic E-state index is 9.86. The molecule has 0 N–H and O–H groups in total. The van der Waals surface area contributed by atoms with Gasteiger partial charge in [-0.05, 0) is 22.8 Å². The van der Waals surface area contributed by atoms with Crippen molar-refractivity contribution in [3.05, 3.63) is 96.1 Å². The highest BCUT2D eigenvalue weighted by Gasteiger charge is 2.32. The van der Waals surface area contributed by atoms with Crippen LogP contribution in [-0.2, 0) is 11.5 Å². The Labute approximate surface area is 176 Å². The molecule has 1 aromatic heterocycles. The number of fused-ring (bicyclic) bond motifs is 1. The van der Waals surface area contributed by atoms with Crippen LogP contribution in [0.2, 0.25) is 0 Å². The Bertz CT molecular complexity index is 1220. The average Bonchev–Trinajstić information content (AvgIpc) is 3.12. The van der Waals surface area contributed by atoms with E-state index in [0.717, 1.165) is 33.3 Å². The molecule has 1 atom stereocenters. The van der Waals surface area contributed by atoms with E-state index in [4.69, 9.17) is 4.74 Å². The van der Waals surface area contributed by atoms with Crippen LogP contribution >= 0.6 is 0 Å². The van der Waals surface area contributed by atoms with Gasteiger partial charge in [0.05, 0.1) is 23.3 Å². The number of benzene rings is 3. The number of ether oxygens (including phenoxy) is 1. The average molecular weight is 391 g/mol. The van der Waals surface area contributed by atoms with E-state index in [-0.39, 0.29) is 5.92 Å². The molecule has 0 fully saturated rings.